The van der Waals surface area contributed by atoms with E-state index in [2.05, 4.69) is 17.4 Å². The van der Waals surface area contributed by atoms with Crippen molar-refractivity contribution in [3.63, 3.8) is 0 Å². The fraction of sp³-hybridized carbons (Fsp3) is 0.632. The van der Waals surface area contributed by atoms with E-state index >= 15 is 0 Å². The van der Waals surface area contributed by atoms with Crippen LogP contribution < -0.4 is 11.1 Å². The molecule has 2 fully saturated rings. The van der Waals surface area contributed by atoms with Gasteiger partial charge in [-0.1, -0.05) is 18.6 Å². The summed E-state index contributed by atoms with van der Waals surface area (Å²) < 4.78 is 5.41. The quantitative estimate of drug-likeness (QED) is 0.778. The van der Waals surface area contributed by atoms with Crippen LogP contribution in [0.25, 0.3) is 0 Å². The van der Waals surface area contributed by atoms with Crippen molar-refractivity contribution < 1.29 is 9.53 Å². The summed E-state index contributed by atoms with van der Waals surface area (Å²) in [4.78, 5) is 12.2. The number of amides is 1. The maximum Gasteiger partial charge on any atom is 0.224 e. The van der Waals surface area contributed by atoms with Crippen molar-refractivity contribution in [2.75, 3.05) is 18.5 Å². The zero-order chi connectivity index (χ0) is 16.8. The number of nitrogens with one attached hydrogen (secondary N) is 1. The number of ether oxygens (including phenoxy) is 1. The van der Waals surface area contributed by atoms with Crippen LogP contribution in [0.2, 0.25) is 0 Å². The van der Waals surface area contributed by atoms with Gasteiger partial charge in [-0.15, -0.1) is 12.4 Å². The molecule has 1 heterocycles. The van der Waals surface area contributed by atoms with Gasteiger partial charge in [0, 0.05) is 42.4 Å². The maximum atomic E-state index is 12.2. The molecule has 25 heavy (non-hydrogen) atoms. The Hall–Kier alpha value is -0.750. The Morgan fingerprint density at radius 3 is 2.76 bits per heavy atom. The smallest absolute Gasteiger partial charge is 0.224 e. The number of nitrogens with two attached hydrogens (primary N) is 1. The molecule has 1 aromatic rings. The Morgan fingerprint density at radius 1 is 1.24 bits per heavy atom. The number of hydrogen-bond donors (Lipinski definition) is 2. The van der Waals surface area contributed by atoms with Gasteiger partial charge in [-0.2, -0.15) is 11.8 Å². The highest BCUT2D eigenvalue weighted by Crippen LogP contribution is 2.28. The molecule has 0 radical (unpaired) electrons. The van der Waals surface area contributed by atoms with Gasteiger partial charge in [-0.25, -0.2) is 0 Å². The fourth-order valence-corrected chi connectivity index (χ4v) is 4.70. The number of rotatable bonds is 6. The molecule has 1 amide bonds. The minimum atomic E-state index is 0. The van der Waals surface area contributed by atoms with Crippen molar-refractivity contribution in [1.29, 1.82) is 0 Å². The van der Waals surface area contributed by atoms with E-state index in [-0.39, 0.29) is 24.4 Å². The lowest BCUT2D eigenvalue weighted by atomic mass is 10.00. The average Bonchev–Trinajstić information content (AvgIpc) is 2.99. The first-order valence-electron chi connectivity index (χ1n) is 9.04. The standard InChI is InChI=1S/C19H28N2O2S.ClH/c20-18-6-2-4-15(18)12-19(22)21-16-5-1-3-14(11-16)13-24-17-7-9-23-10-8-17;/h1,3,5,11,15,17-18H,2,4,6-10,12-13,20H2,(H,21,22);1H/t15-,18+;/m0./s1. The highest BCUT2D eigenvalue weighted by atomic mass is 35.5. The second-order valence-electron chi connectivity index (χ2n) is 6.93. The first kappa shape index (κ1) is 20.6. The number of carbonyl (C=O) groups is 1. The van der Waals surface area contributed by atoms with E-state index in [0.29, 0.717) is 17.6 Å². The third-order valence-corrected chi connectivity index (χ3v) is 6.47. The summed E-state index contributed by atoms with van der Waals surface area (Å²) in [6.45, 7) is 1.77. The second-order valence-corrected chi connectivity index (χ2v) is 8.22. The molecule has 0 spiro atoms. The zero-order valence-electron chi connectivity index (χ0n) is 14.6. The largest absolute Gasteiger partial charge is 0.381 e. The predicted molar refractivity (Wildman–Crippen MR) is 107 cm³/mol. The highest BCUT2D eigenvalue weighted by molar-refractivity contribution is 7.99. The normalized spacial score (nSPS) is 23.9. The number of anilines is 1. The lowest BCUT2D eigenvalue weighted by Crippen LogP contribution is -2.28. The summed E-state index contributed by atoms with van der Waals surface area (Å²) in [7, 11) is 0. The Balaban J connectivity index is 0.00000225. The van der Waals surface area contributed by atoms with Gasteiger partial charge in [0.15, 0.2) is 0 Å². The van der Waals surface area contributed by atoms with Gasteiger partial charge in [-0.3, -0.25) is 4.79 Å². The summed E-state index contributed by atoms with van der Waals surface area (Å²) in [6.07, 6.45) is 6.11. The van der Waals surface area contributed by atoms with Crippen LogP contribution in [0.4, 0.5) is 5.69 Å². The van der Waals surface area contributed by atoms with Crippen molar-refractivity contribution >= 4 is 35.8 Å². The molecule has 140 valence electrons. The van der Waals surface area contributed by atoms with Crippen LogP contribution >= 0.6 is 24.2 Å². The molecule has 1 aromatic carbocycles. The van der Waals surface area contributed by atoms with E-state index in [1.807, 2.05) is 23.9 Å². The lowest BCUT2D eigenvalue weighted by Gasteiger charge is -2.21. The van der Waals surface area contributed by atoms with Crippen molar-refractivity contribution in [3.05, 3.63) is 29.8 Å². The first-order chi connectivity index (χ1) is 11.7. The van der Waals surface area contributed by atoms with E-state index in [1.165, 1.54) is 5.56 Å². The molecular weight excluding hydrogens is 356 g/mol. The molecule has 1 saturated heterocycles. The van der Waals surface area contributed by atoms with E-state index in [9.17, 15) is 4.79 Å². The molecule has 1 aliphatic carbocycles. The van der Waals surface area contributed by atoms with E-state index in [4.69, 9.17) is 10.5 Å². The first-order valence-corrected chi connectivity index (χ1v) is 10.1. The molecule has 3 N–H and O–H groups in total. The van der Waals surface area contributed by atoms with Crippen molar-refractivity contribution in [1.82, 2.24) is 0 Å². The van der Waals surface area contributed by atoms with Crippen LogP contribution in [0.1, 0.15) is 44.1 Å². The van der Waals surface area contributed by atoms with Crippen molar-refractivity contribution in [3.8, 4) is 0 Å². The number of thioether (sulfide) groups is 1. The van der Waals surface area contributed by atoms with Crippen LogP contribution in [-0.2, 0) is 15.3 Å². The summed E-state index contributed by atoms with van der Waals surface area (Å²) in [5.74, 6) is 1.42. The number of carbonyl (C=O) groups excluding carboxylic acids is 1. The van der Waals surface area contributed by atoms with Gasteiger partial charge in [0.1, 0.15) is 0 Å². The zero-order valence-corrected chi connectivity index (χ0v) is 16.2. The Bertz CT molecular complexity index is 552. The summed E-state index contributed by atoms with van der Waals surface area (Å²) >= 11 is 2.00. The molecule has 4 nitrogen and oxygen atoms in total. The van der Waals surface area contributed by atoms with E-state index < -0.39 is 0 Å². The monoisotopic (exact) mass is 384 g/mol. The van der Waals surface area contributed by atoms with Crippen molar-refractivity contribution in [2.45, 2.75) is 55.6 Å². The second kappa shape index (κ2) is 10.4. The summed E-state index contributed by atoms with van der Waals surface area (Å²) in [6, 6.07) is 8.41. The number of benzene rings is 1. The van der Waals surface area contributed by atoms with Crippen LogP contribution in [0.15, 0.2) is 24.3 Å². The third kappa shape index (κ3) is 6.48. The average molecular weight is 385 g/mol. The van der Waals surface area contributed by atoms with Gasteiger partial charge in [-0.05, 0) is 49.3 Å². The molecule has 2 aliphatic rings. The number of hydrogen-bond acceptors (Lipinski definition) is 4. The van der Waals surface area contributed by atoms with Gasteiger partial charge >= 0.3 is 0 Å². The maximum absolute atomic E-state index is 12.2. The molecule has 3 rings (SSSR count). The molecular formula is C19H29ClN2O2S. The van der Waals surface area contributed by atoms with Crippen LogP contribution in [0.3, 0.4) is 0 Å². The van der Waals surface area contributed by atoms with Gasteiger partial charge < -0.3 is 15.8 Å². The number of halogens is 1. The molecule has 6 heteroatoms. The molecule has 0 bridgehead atoms. The van der Waals surface area contributed by atoms with Gasteiger partial charge in [0.2, 0.25) is 5.91 Å². The third-order valence-electron chi connectivity index (χ3n) is 5.03. The van der Waals surface area contributed by atoms with Gasteiger partial charge in [0.05, 0.1) is 0 Å². The van der Waals surface area contributed by atoms with E-state index in [1.54, 1.807) is 0 Å². The molecule has 0 unspecified atom stereocenters. The van der Waals surface area contributed by atoms with Crippen LogP contribution in [0.5, 0.6) is 0 Å². The molecule has 2 atom stereocenters. The Labute approximate surface area is 161 Å². The topological polar surface area (TPSA) is 64.4 Å². The predicted octanol–water partition coefficient (Wildman–Crippen LogP) is 3.98. The van der Waals surface area contributed by atoms with Gasteiger partial charge in [0.25, 0.3) is 0 Å². The summed E-state index contributed by atoms with van der Waals surface area (Å²) in [5, 5.41) is 3.74. The minimum Gasteiger partial charge on any atom is -0.381 e. The molecule has 1 aliphatic heterocycles. The minimum absolute atomic E-state index is 0. The van der Waals surface area contributed by atoms with Crippen molar-refractivity contribution in [2.24, 2.45) is 11.7 Å². The Morgan fingerprint density at radius 2 is 2.04 bits per heavy atom. The van der Waals surface area contributed by atoms with Crippen LogP contribution in [0, 0.1) is 5.92 Å². The Kier molecular flexibility index (Phi) is 8.56. The fourth-order valence-electron chi connectivity index (χ4n) is 3.56. The molecule has 0 aromatic heterocycles. The molecule has 1 saturated carbocycles. The van der Waals surface area contributed by atoms with E-state index in [0.717, 1.165) is 56.8 Å². The summed E-state index contributed by atoms with van der Waals surface area (Å²) in [5.41, 5.74) is 8.23. The highest BCUT2D eigenvalue weighted by Gasteiger charge is 2.26. The lowest BCUT2D eigenvalue weighted by molar-refractivity contribution is -0.117. The van der Waals surface area contributed by atoms with Crippen LogP contribution in [-0.4, -0.2) is 30.4 Å². The SMILES string of the molecule is Cl.N[C@@H]1CCC[C@H]1CC(=O)Nc1cccc(CSC2CCOCC2)c1.